The van der Waals surface area contributed by atoms with E-state index in [2.05, 4.69) is 5.32 Å². The number of hydroxylamine groups is 1. The molecule has 0 aromatic heterocycles. The molecule has 7 heteroatoms. The average molecular weight is 423 g/mol. The number of ether oxygens (including phenoxy) is 1. The van der Waals surface area contributed by atoms with Crippen molar-refractivity contribution in [1.29, 1.82) is 0 Å². The van der Waals surface area contributed by atoms with Crippen LogP contribution in [0.3, 0.4) is 0 Å². The molecule has 0 bridgehead atoms. The highest BCUT2D eigenvalue weighted by molar-refractivity contribution is 6.31. The van der Waals surface area contributed by atoms with E-state index in [0.29, 0.717) is 28.6 Å². The minimum atomic E-state index is -0.588. The molecular formula is C23H19ClN2O4. The van der Waals surface area contributed by atoms with Crippen LogP contribution in [0.25, 0.3) is 6.08 Å². The Hall–Kier alpha value is -3.61. The zero-order chi connectivity index (χ0) is 21.3. The van der Waals surface area contributed by atoms with E-state index in [1.807, 2.05) is 24.3 Å². The summed E-state index contributed by atoms with van der Waals surface area (Å²) in [6.07, 6.45) is 2.82. The molecule has 0 saturated heterocycles. The third kappa shape index (κ3) is 6.20. The quantitative estimate of drug-likeness (QED) is 0.293. The van der Waals surface area contributed by atoms with Crippen LogP contribution in [-0.4, -0.2) is 17.0 Å². The Labute approximate surface area is 178 Å². The zero-order valence-corrected chi connectivity index (χ0v) is 16.6. The summed E-state index contributed by atoms with van der Waals surface area (Å²) in [5.41, 5.74) is 4.45. The fourth-order valence-electron chi connectivity index (χ4n) is 2.57. The summed E-state index contributed by atoms with van der Waals surface area (Å²) in [5, 5.41) is 11.8. The van der Waals surface area contributed by atoms with Gasteiger partial charge in [0.2, 0.25) is 0 Å². The van der Waals surface area contributed by atoms with Gasteiger partial charge in [-0.3, -0.25) is 14.8 Å². The van der Waals surface area contributed by atoms with Crippen molar-refractivity contribution in [3.8, 4) is 5.75 Å². The maximum atomic E-state index is 12.3. The predicted octanol–water partition coefficient (Wildman–Crippen LogP) is 4.69. The fraction of sp³-hybridized carbons (Fsp3) is 0.0435. The number of anilines is 1. The number of rotatable bonds is 7. The molecule has 3 aromatic carbocycles. The van der Waals surface area contributed by atoms with E-state index in [0.717, 1.165) is 11.1 Å². The third-order valence-corrected chi connectivity index (χ3v) is 4.36. The molecule has 0 aliphatic heterocycles. The maximum absolute atomic E-state index is 12.3. The molecule has 3 N–H and O–H groups in total. The van der Waals surface area contributed by atoms with Crippen LogP contribution in [0.2, 0.25) is 5.02 Å². The van der Waals surface area contributed by atoms with Gasteiger partial charge >= 0.3 is 0 Å². The lowest BCUT2D eigenvalue weighted by Gasteiger charge is -2.09. The van der Waals surface area contributed by atoms with Gasteiger partial charge in [-0.15, -0.1) is 0 Å². The SMILES string of the molecule is O=C(/C=C/c1ccc(COc2ccc(NC(=O)c3cccc(Cl)c3)cc2)cc1)NO. The first-order chi connectivity index (χ1) is 14.5. The van der Waals surface area contributed by atoms with Gasteiger partial charge in [-0.2, -0.15) is 0 Å². The highest BCUT2D eigenvalue weighted by Gasteiger charge is 2.06. The molecule has 0 spiro atoms. The van der Waals surface area contributed by atoms with E-state index in [9.17, 15) is 9.59 Å². The van der Waals surface area contributed by atoms with Crippen molar-refractivity contribution in [3.63, 3.8) is 0 Å². The Morgan fingerprint density at radius 1 is 1.00 bits per heavy atom. The molecule has 3 aromatic rings. The molecule has 0 fully saturated rings. The van der Waals surface area contributed by atoms with E-state index in [1.54, 1.807) is 54.6 Å². The number of hydrogen-bond donors (Lipinski definition) is 3. The van der Waals surface area contributed by atoms with E-state index in [-0.39, 0.29) is 5.91 Å². The molecule has 0 atom stereocenters. The first-order valence-electron chi connectivity index (χ1n) is 9.04. The summed E-state index contributed by atoms with van der Waals surface area (Å²) >= 11 is 5.92. The smallest absolute Gasteiger partial charge is 0.267 e. The highest BCUT2D eigenvalue weighted by atomic mass is 35.5. The van der Waals surface area contributed by atoms with Crippen molar-refractivity contribution in [2.24, 2.45) is 0 Å². The number of hydrogen-bond acceptors (Lipinski definition) is 4. The van der Waals surface area contributed by atoms with Crippen LogP contribution >= 0.6 is 11.6 Å². The molecule has 0 saturated carbocycles. The van der Waals surface area contributed by atoms with Crippen molar-refractivity contribution in [1.82, 2.24) is 5.48 Å². The van der Waals surface area contributed by atoms with Crippen LogP contribution in [0.1, 0.15) is 21.5 Å². The van der Waals surface area contributed by atoms with Gasteiger partial charge in [-0.05, 0) is 59.7 Å². The summed E-state index contributed by atoms with van der Waals surface area (Å²) < 4.78 is 5.76. The van der Waals surface area contributed by atoms with Crippen LogP contribution in [0, 0.1) is 0 Å². The largest absolute Gasteiger partial charge is 0.489 e. The summed E-state index contributed by atoms with van der Waals surface area (Å²) in [4.78, 5) is 23.2. The van der Waals surface area contributed by atoms with Gasteiger partial charge in [0, 0.05) is 22.3 Å². The lowest BCUT2D eigenvalue weighted by atomic mass is 10.1. The van der Waals surface area contributed by atoms with Gasteiger partial charge in [0.25, 0.3) is 11.8 Å². The molecule has 0 aliphatic rings. The first-order valence-corrected chi connectivity index (χ1v) is 9.42. The molecule has 0 aliphatic carbocycles. The molecule has 2 amide bonds. The minimum absolute atomic E-state index is 0.239. The van der Waals surface area contributed by atoms with E-state index in [4.69, 9.17) is 21.5 Å². The average Bonchev–Trinajstić information content (AvgIpc) is 2.77. The predicted molar refractivity (Wildman–Crippen MR) is 116 cm³/mol. The van der Waals surface area contributed by atoms with E-state index < -0.39 is 5.91 Å². The standard InChI is InChI=1S/C23H19ClN2O4/c24-19-3-1-2-18(14-19)23(28)25-20-9-11-21(12-10-20)30-15-17-6-4-16(5-7-17)8-13-22(27)26-29/h1-14,29H,15H2,(H,25,28)(H,26,27)/b13-8+. The minimum Gasteiger partial charge on any atom is -0.489 e. The molecule has 0 radical (unpaired) electrons. The summed E-state index contributed by atoms with van der Waals surface area (Å²) in [6.45, 7) is 0.370. The number of carbonyl (C=O) groups excluding carboxylic acids is 2. The lowest BCUT2D eigenvalue weighted by Crippen LogP contribution is -2.14. The van der Waals surface area contributed by atoms with Crippen molar-refractivity contribution < 1.29 is 19.5 Å². The molecule has 3 rings (SSSR count). The van der Waals surface area contributed by atoms with Crippen LogP contribution in [0.5, 0.6) is 5.75 Å². The van der Waals surface area contributed by atoms with Crippen LogP contribution in [0.15, 0.2) is 78.9 Å². The van der Waals surface area contributed by atoms with Gasteiger partial charge in [-0.1, -0.05) is 41.9 Å². The van der Waals surface area contributed by atoms with Crippen LogP contribution < -0.4 is 15.5 Å². The Bertz CT molecular complexity index is 1050. The number of carbonyl (C=O) groups is 2. The van der Waals surface area contributed by atoms with E-state index in [1.165, 1.54) is 11.6 Å². The molecule has 30 heavy (non-hydrogen) atoms. The van der Waals surface area contributed by atoms with Crippen LogP contribution in [0.4, 0.5) is 5.69 Å². The molecule has 6 nitrogen and oxygen atoms in total. The molecular weight excluding hydrogens is 404 g/mol. The monoisotopic (exact) mass is 422 g/mol. The Morgan fingerprint density at radius 3 is 2.40 bits per heavy atom. The second-order valence-electron chi connectivity index (χ2n) is 6.33. The summed E-state index contributed by atoms with van der Waals surface area (Å²) in [5.74, 6) is -0.161. The Morgan fingerprint density at radius 2 is 1.73 bits per heavy atom. The molecule has 152 valence electrons. The number of nitrogens with one attached hydrogen (secondary N) is 2. The van der Waals surface area contributed by atoms with Crippen molar-refractivity contribution in [3.05, 3.63) is 101 Å². The topological polar surface area (TPSA) is 87.7 Å². The summed E-state index contributed by atoms with van der Waals surface area (Å²) in [7, 11) is 0. The second-order valence-corrected chi connectivity index (χ2v) is 6.76. The third-order valence-electron chi connectivity index (χ3n) is 4.12. The number of amides is 2. The first kappa shape index (κ1) is 21.1. The molecule has 0 heterocycles. The van der Waals surface area contributed by atoms with Crippen molar-refractivity contribution in [2.75, 3.05) is 5.32 Å². The molecule has 0 unspecified atom stereocenters. The lowest BCUT2D eigenvalue weighted by molar-refractivity contribution is -0.124. The Balaban J connectivity index is 1.52. The summed E-state index contributed by atoms with van der Waals surface area (Å²) in [6, 6.07) is 21.3. The fourth-order valence-corrected chi connectivity index (χ4v) is 2.76. The van der Waals surface area contributed by atoms with Gasteiger partial charge in [-0.25, -0.2) is 5.48 Å². The van der Waals surface area contributed by atoms with E-state index >= 15 is 0 Å². The van der Waals surface area contributed by atoms with Crippen LogP contribution in [-0.2, 0) is 11.4 Å². The van der Waals surface area contributed by atoms with Crippen molar-refractivity contribution in [2.45, 2.75) is 6.61 Å². The van der Waals surface area contributed by atoms with Gasteiger partial charge in [0.05, 0.1) is 0 Å². The highest BCUT2D eigenvalue weighted by Crippen LogP contribution is 2.19. The normalized spacial score (nSPS) is 10.6. The van der Waals surface area contributed by atoms with Gasteiger partial charge in [0.15, 0.2) is 0 Å². The Kier molecular flexibility index (Phi) is 7.21. The number of benzene rings is 3. The maximum Gasteiger partial charge on any atom is 0.267 e. The van der Waals surface area contributed by atoms with Gasteiger partial charge in [0.1, 0.15) is 12.4 Å². The second kappa shape index (κ2) is 10.2. The van der Waals surface area contributed by atoms with Gasteiger partial charge < -0.3 is 10.1 Å². The van der Waals surface area contributed by atoms with Crippen molar-refractivity contribution >= 4 is 35.2 Å². The zero-order valence-electron chi connectivity index (χ0n) is 15.8. The number of halogens is 1.